The van der Waals surface area contributed by atoms with Gasteiger partial charge in [0.05, 0.1) is 18.7 Å². The Kier molecular flexibility index (Phi) is 5.27. The van der Waals surface area contributed by atoms with Crippen LogP contribution in [0, 0.1) is 0 Å². The van der Waals surface area contributed by atoms with Gasteiger partial charge in [0, 0.05) is 18.6 Å². The van der Waals surface area contributed by atoms with Crippen LogP contribution in [-0.4, -0.2) is 42.2 Å². The first-order valence-corrected chi connectivity index (χ1v) is 7.69. The molecule has 116 valence electrons. The SMILES string of the molecule is CCOC(=O)Cc1csc(NC(=O)C2(N)CCOCC2)n1. The molecule has 0 radical (unpaired) electrons. The molecule has 0 aliphatic carbocycles. The van der Waals surface area contributed by atoms with Gasteiger partial charge in [-0.2, -0.15) is 0 Å². The molecule has 7 nitrogen and oxygen atoms in total. The summed E-state index contributed by atoms with van der Waals surface area (Å²) in [7, 11) is 0. The third-order valence-corrected chi connectivity index (χ3v) is 4.05. The van der Waals surface area contributed by atoms with E-state index >= 15 is 0 Å². The van der Waals surface area contributed by atoms with Crippen molar-refractivity contribution in [2.45, 2.75) is 31.7 Å². The maximum Gasteiger partial charge on any atom is 0.311 e. The number of esters is 1. The molecule has 1 aromatic heterocycles. The molecule has 1 aromatic rings. The van der Waals surface area contributed by atoms with E-state index in [-0.39, 0.29) is 18.3 Å². The van der Waals surface area contributed by atoms with Gasteiger partial charge in [-0.05, 0) is 19.8 Å². The monoisotopic (exact) mass is 313 g/mol. The highest BCUT2D eigenvalue weighted by molar-refractivity contribution is 7.13. The van der Waals surface area contributed by atoms with Crippen molar-refractivity contribution in [2.24, 2.45) is 5.73 Å². The first kappa shape index (κ1) is 15.9. The summed E-state index contributed by atoms with van der Waals surface area (Å²) in [5, 5.41) is 4.88. The van der Waals surface area contributed by atoms with Crippen LogP contribution in [0.5, 0.6) is 0 Å². The van der Waals surface area contributed by atoms with Crippen molar-refractivity contribution in [1.29, 1.82) is 0 Å². The summed E-state index contributed by atoms with van der Waals surface area (Å²) in [6, 6.07) is 0. The Bertz CT molecular complexity index is 511. The Morgan fingerprint density at radius 1 is 1.52 bits per heavy atom. The lowest BCUT2D eigenvalue weighted by atomic mass is 9.90. The zero-order valence-electron chi connectivity index (χ0n) is 11.9. The van der Waals surface area contributed by atoms with Crippen molar-refractivity contribution in [1.82, 2.24) is 4.98 Å². The van der Waals surface area contributed by atoms with E-state index < -0.39 is 5.54 Å². The van der Waals surface area contributed by atoms with Gasteiger partial charge in [-0.15, -0.1) is 11.3 Å². The van der Waals surface area contributed by atoms with E-state index in [1.165, 1.54) is 11.3 Å². The van der Waals surface area contributed by atoms with E-state index in [0.717, 1.165) is 0 Å². The molecule has 0 bridgehead atoms. The van der Waals surface area contributed by atoms with Crippen molar-refractivity contribution in [3.05, 3.63) is 11.1 Å². The number of hydrogen-bond donors (Lipinski definition) is 2. The highest BCUT2D eigenvalue weighted by Crippen LogP contribution is 2.22. The van der Waals surface area contributed by atoms with Crippen LogP contribution in [0.25, 0.3) is 0 Å². The molecule has 1 fully saturated rings. The summed E-state index contributed by atoms with van der Waals surface area (Å²) in [6.45, 7) is 3.05. The maximum absolute atomic E-state index is 12.2. The smallest absolute Gasteiger partial charge is 0.311 e. The standard InChI is InChI=1S/C13H19N3O4S/c1-2-20-10(17)7-9-8-21-12(15-9)16-11(18)13(14)3-5-19-6-4-13/h8H,2-7,14H2,1H3,(H,15,16,18). The van der Waals surface area contributed by atoms with E-state index in [4.69, 9.17) is 15.2 Å². The Morgan fingerprint density at radius 2 is 2.24 bits per heavy atom. The Morgan fingerprint density at radius 3 is 2.90 bits per heavy atom. The van der Waals surface area contributed by atoms with Crippen LogP contribution in [0.1, 0.15) is 25.5 Å². The summed E-state index contributed by atoms with van der Waals surface area (Å²) in [5.74, 6) is -0.594. The number of ether oxygens (including phenoxy) is 2. The van der Waals surface area contributed by atoms with Crippen LogP contribution in [0.3, 0.4) is 0 Å². The molecule has 0 saturated carbocycles. The molecule has 2 rings (SSSR count). The largest absolute Gasteiger partial charge is 0.466 e. The molecule has 3 N–H and O–H groups in total. The molecular weight excluding hydrogens is 294 g/mol. The summed E-state index contributed by atoms with van der Waals surface area (Å²) in [4.78, 5) is 27.8. The van der Waals surface area contributed by atoms with Crippen LogP contribution >= 0.6 is 11.3 Å². The Hall–Kier alpha value is -1.51. The van der Waals surface area contributed by atoms with Gasteiger partial charge in [0.2, 0.25) is 5.91 Å². The molecular formula is C13H19N3O4S. The van der Waals surface area contributed by atoms with Crippen molar-refractivity contribution < 1.29 is 19.1 Å². The fraction of sp³-hybridized carbons (Fsp3) is 0.615. The summed E-state index contributed by atoms with van der Waals surface area (Å²) in [5.41, 5.74) is 5.75. The second-order valence-electron chi connectivity index (χ2n) is 4.85. The number of carbonyl (C=O) groups is 2. The minimum Gasteiger partial charge on any atom is -0.466 e. The Labute approximate surface area is 126 Å². The maximum atomic E-state index is 12.2. The third kappa shape index (κ3) is 4.23. The van der Waals surface area contributed by atoms with Crippen LogP contribution in [0.15, 0.2) is 5.38 Å². The van der Waals surface area contributed by atoms with E-state index in [2.05, 4.69) is 10.3 Å². The molecule has 0 aromatic carbocycles. The van der Waals surface area contributed by atoms with Gasteiger partial charge in [-0.25, -0.2) is 4.98 Å². The highest BCUT2D eigenvalue weighted by atomic mass is 32.1. The molecule has 2 heterocycles. The van der Waals surface area contributed by atoms with Crippen LogP contribution in [0.2, 0.25) is 0 Å². The topological polar surface area (TPSA) is 104 Å². The first-order valence-electron chi connectivity index (χ1n) is 6.81. The predicted molar refractivity (Wildman–Crippen MR) is 78.1 cm³/mol. The normalized spacial score (nSPS) is 17.2. The molecule has 21 heavy (non-hydrogen) atoms. The second-order valence-corrected chi connectivity index (χ2v) is 5.71. The van der Waals surface area contributed by atoms with Gasteiger partial charge in [-0.3, -0.25) is 9.59 Å². The zero-order valence-corrected chi connectivity index (χ0v) is 12.7. The lowest BCUT2D eigenvalue weighted by molar-refractivity contribution is -0.142. The minimum atomic E-state index is -0.911. The van der Waals surface area contributed by atoms with Gasteiger partial charge < -0.3 is 20.5 Å². The van der Waals surface area contributed by atoms with E-state index in [1.54, 1.807) is 12.3 Å². The number of carbonyl (C=O) groups excluding carboxylic acids is 2. The van der Waals surface area contributed by atoms with Crippen molar-refractivity contribution in [2.75, 3.05) is 25.1 Å². The predicted octanol–water partition coefficient (Wildman–Crippen LogP) is 0.695. The molecule has 1 amide bonds. The average Bonchev–Trinajstić information content (AvgIpc) is 2.87. The number of nitrogens with zero attached hydrogens (tertiary/aromatic N) is 1. The molecule has 0 atom stereocenters. The fourth-order valence-electron chi connectivity index (χ4n) is 1.99. The second kappa shape index (κ2) is 6.97. The highest BCUT2D eigenvalue weighted by Gasteiger charge is 2.36. The Balaban J connectivity index is 1.92. The van der Waals surface area contributed by atoms with Crippen LogP contribution in [-0.2, 0) is 25.5 Å². The van der Waals surface area contributed by atoms with E-state index in [1.807, 2.05) is 0 Å². The van der Waals surface area contributed by atoms with Crippen LogP contribution in [0.4, 0.5) is 5.13 Å². The molecule has 0 unspecified atom stereocenters. The van der Waals surface area contributed by atoms with Gasteiger partial charge >= 0.3 is 5.97 Å². The number of hydrogen-bond acceptors (Lipinski definition) is 7. The van der Waals surface area contributed by atoms with Gasteiger partial charge in [-0.1, -0.05) is 0 Å². The quantitative estimate of drug-likeness (QED) is 0.775. The first-order chi connectivity index (χ1) is 10.0. The molecule has 1 aliphatic rings. The average molecular weight is 313 g/mol. The lowest BCUT2D eigenvalue weighted by Crippen LogP contribution is -2.54. The molecule has 1 saturated heterocycles. The summed E-state index contributed by atoms with van der Waals surface area (Å²) >= 11 is 1.26. The van der Waals surface area contributed by atoms with Gasteiger partial charge in [0.1, 0.15) is 5.54 Å². The van der Waals surface area contributed by atoms with E-state index in [0.29, 0.717) is 43.5 Å². The minimum absolute atomic E-state index is 0.0990. The zero-order chi connectivity index (χ0) is 15.3. The summed E-state index contributed by atoms with van der Waals surface area (Å²) in [6.07, 6.45) is 1.07. The van der Waals surface area contributed by atoms with Crippen molar-refractivity contribution in [3.8, 4) is 0 Å². The molecule has 8 heteroatoms. The number of thiazole rings is 1. The number of nitrogens with two attached hydrogens (primary N) is 1. The number of rotatable bonds is 5. The fourth-order valence-corrected chi connectivity index (χ4v) is 2.70. The molecule has 0 spiro atoms. The molecule has 1 aliphatic heterocycles. The van der Waals surface area contributed by atoms with Crippen LogP contribution < -0.4 is 11.1 Å². The lowest BCUT2D eigenvalue weighted by Gasteiger charge is -2.31. The van der Waals surface area contributed by atoms with Crippen molar-refractivity contribution in [3.63, 3.8) is 0 Å². The van der Waals surface area contributed by atoms with Crippen molar-refractivity contribution >= 4 is 28.3 Å². The number of amides is 1. The number of nitrogens with one attached hydrogen (secondary N) is 1. The van der Waals surface area contributed by atoms with E-state index in [9.17, 15) is 9.59 Å². The van der Waals surface area contributed by atoms with Gasteiger partial charge in [0.25, 0.3) is 0 Å². The summed E-state index contributed by atoms with van der Waals surface area (Å²) < 4.78 is 10.1. The number of anilines is 1. The third-order valence-electron chi connectivity index (χ3n) is 3.24. The number of aromatic nitrogens is 1. The van der Waals surface area contributed by atoms with Gasteiger partial charge in [0.15, 0.2) is 5.13 Å².